The normalized spacial score (nSPS) is 20.7. The van der Waals surface area contributed by atoms with Crippen molar-refractivity contribution in [1.82, 2.24) is 15.5 Å². The molecule has 1 aromatic rings. The van der Waals surface area contributed by atoms with Gasteiger partial charge < -0.3 is 24.8 Å². The maximum Gasteiger partial charge on any atom is 0.191 e. The van der Waals surface area contributed by atoms with Crippen LogP contribution in [0.2, 0.25) is 0 Å². The van der Waals surface area contributed by atoms with Crippen LogP contribution in [0.3, 0.4) is 0 Å². The largest absolute Gasteiger partial charge is 0.494 e. The van der Waals surface area contributed by atoms with Gasteiger partial charge in [0.1, 0.15) is 17.6 Å². The van der Waals surface area contributed by atoms with E-state index in [9.17, 15) is 0 Å². The molecule has 0 aromatic heterocycles. The van der Waals surface area contributed by atoms with Crippen molar-refractivity contribution in [3.8, 4) is 11.5 Å². The van der Waals surface area contributed by atoms with Crippen molar-refractivity contribution in [2.75, 3.05) is 46.0 Å². The average molecular weight is 405 g/mol. The maximum atomic E-state index is 5.93. The lowest BCUT2D eigenvalue weighted by Gasteiger charge is -2.32. The van der Waals surface area contributed by atoms with E-state index in [-0.39, 0.29) is 6.10 Å². The summed E-state index contributed by atoms with van der Waals surface area (Å²) in [4.78, 5) is 7.25. The molecular formula is C22H36N4O3. The first-order valence-corrected chi connectivity index (χ1v) is 10.9. The Morgan fingerprint density at radius 2 is 2.07 bits per heavy atom. The summed E-state index contributed by atoms with van der Waals surface area (Å²) in [6.45, 7) is 14.9. The lowest BCUT2D eigenvalue weighted by atomic mass is 10.1. The molecule has 1 aromatic carbocycles. The van der Waals surface area contributed by atoms with Gasteiger partial charge in [-0.1, -0.05) is 0 Å². The Morgan fingerprint density at radius 3 is 2.79 bits per heavy atom. The summed E-state index contributed by atoms with van der Waals surface area (Å²) in [5.41, 5.74) is 2.27. The molecule has 2 N–H and O–H groups in total. The molecule has 2 aliphatic rings. The molecule has 7 nitrogen and oxygen atoms in total. The molecule has 2 unspecified atom stereocenters. The number of guanidine groups is 1. The van der Waals surface area contributed by atoms with Crippen molar-refractivity contribution >= 4 is 5.96 Å². The Hall–Kier alpha value is -1.99. The van der Waals surface area contributed by atoms with Crippen molar-refractivity contribution in [2.45, 2.75) is 52.8 Å². The van der Waals surface area contributed by atoms with Gasteiger partial charge in [-0.3, -0.25) is 4.90 Å². The molecule has 0 bridgehead atoms. The second-order valence-electron chi connectivity index (χ2n) is 7.71. The molecule has 3 rings (SSSR count). The van der Waals surface area contributed by atoms with E-state index >= 15 is 0 Å². The van der Waals surface area contributed by atoms with E-state index in [2.05, 4.69) is 48.4 Å². The molecule has 0 amide bonds. The zero-order chi connectivity index (χ0) is 20.6. The van der Waals surface area contributed by atoms with Gasteiger partial charge in [0.25, 0.3) is 0 Å². The molecule has 1 fully saturated rings. The van der Waals surface area contributed by atoms with Gasteiger partial charge in [0.15, 0.2) is 5.96 Å². The fourth-order valence-corrected chi connectivity index (χ4v) is 3.79. The molecule has 0 radical (unpaired) electrons. The highest BCUT2D eigenvalue weighted by atomic mass is 16.5. The predicted octanol–water partition coefficient (Wildman–Crippen LogP) is 2.18. The molecule has 2 heterocycles. The SMILES string of the molecule is CCNC(=NCc1cc2c(cc1OCC)CC(C)O2)NCC(C)N1CCOCC1. The van der Waals surface area contributed by atoms with Crippen LogP contribution in [0.15, 0.2) is 17.1 Å². The minimum absolute atomic E-state index is 0.221. The monoisotopic (exact) mass is 404 g/mol. The van der Waals surface area contributed by atoms with Crippen molar-refractivity contribution in [3.05, 3.63) is 23.3 Å². The number of ether oxygens (including phenoxy) is 3. The summed E-state index contributed by atoms with van der Waals surface area (Å²) in [6, 6.07) is 4.64. The van der Waals surface area contributed by atoms with Gasteiger partial charge in [-0.2, -0.15) is 0 Å². The number of nitrogens with one attached hydrogen (secondary N) is 2. The molecule has 0 aliphatic carbocycles. The standard InChI is InChI=1S/C22H36N4O3/c1-5-23-22(24-14-16(3)26-7-9-27-10-8-26)25-15-19-13-21-18(11-17(4)29-21)12-20(19)28-6-2/h12-13,16-17H,5-11,14-15H2,1-4H3,(H2,23,24,25). The molecule has 0 saturated carbocycles. The second kappa shape index (κ2) is 10.7. The first-order chi connectivity index (χ1) is 14.1. The molecule has 2 aliphatic heterocycles. The zero-order valence-corrected chi connectivity index (χ0v) is 18.3. The Bertz CT molecular complexity index is 689. The fourth-order valence-electron chi connectivity index (χ4n) is 3.79. The summed E-state index contributed by atoms with van der Waals surface area (Å²) in [5, 5.41) is 6.83. The number of fused-ring (bicyclic) bond motifs is 1. The topological polar surface area (TPSA) is 67.4 Å². The van der Waals surface area contributed by atoms with Crippen LogP contribution in [-0.4, -0.2) is 69.0 Å². The maximum absolute atomic E-state index is 5.93. The summed E-state index contributed by atoms with van der Waals surface area (Å²) >= 11 is 0. The fraction of sp³-hybridized carbons (Fsp3) is 0.682. The number of rotatable bonds is 8. The van der Waals surface area contributed by atoms with Crippen molar-refractivity contribution in [1.29, 1.82) is 0 Å². The van der Waals surface area contributed by atoms with Gasteiger partial charge in [0, 0.05) is 49.8 Å². The van der Waals surface area contributed by atoms with Gasteiger partial charge in [-0.05, 0) is 39.8 Å². The highest BCUT2D eigenvalue weighted by Gasteiger charge is 2.22. The molecule has 162 valence electrons. The number of hydrogen-bond acceptors (Lipinski definition) is 5. The van der Waals surface area contributed by atoms with Gasteiger partial charge in [0.05, 0.1) is 26.4 Å². The smallest absolute Gasteiger partial charge is 0.191 e. The first kappa shape index (κ1) is 21.7. The van der Waals surface area contributed by atoms with E-state index in [1.807, 2.05) is 6.92 Å². The lowest BCUT2D eigenvalue weighted by Crippen LogP contribution is -2.49. The summed E-state index contributed by atoms with van der Waals surface area (Å²) in [5.74, 6) is 2.69. The molecule has 0 spiro atoms. The molecular weight excluding hydrogens is 368 g/mol. The van der Waals surface area contributed by atoms with Crippen molar-refractivity contribution in [2.24, 2.45) is 4.99 Å². The number of aliphatic imine (C=N–C) groups is 1. The third kappa shape index (κ3) is 6.00. The molecule has 7 heteroatoms. The molecule has 29 heavy (non-hydrogen) atoms. The number of benzene rings is 1. The van der Waals surface area contributed by atoms with Crippen LogP contribution in [0.25, 0.3) is 0 Å². The van der Waals surface area contributed by atoms with Gasteiger partial charge in [0.2, 0.25) is 0 Å². The van der Waals surface area contributed by atoms with E-state index < -0.39 is 0 Å². The van der Waals surface area contributed by atoms with Crippen LogP contribution in [0, 0.1) is 0 Å². The van der Waals surface area contributed by atoms with Crippen molar-refractivity contribution in [3.63, 3.8) is 0 Å². The van der Waals surface area contributed by atoms with Gasteiger partial charge in [-0.15, -0.1) is 0 Å². The molecule has 2 atom stereocenters. The average Bonchev–Trinajstić information content (AvgIpc) is 3.09. The van der Waals surface area contributed by atoms with E-state index in [1.54, 1.807) is 0 Å². The zero-order valence-electron chi connectivity index (χ0n) is 18.3. The minimum atomic E-state index is 0.221. The minimum Gasteiger partial charge on any atom is -0.494 e. The van der Waals surface area contributed by atoms with Crippen LogP contribution >= 0.6 is 0 Å². The van der Waals surface area contributed by atoms with Crippen LogP contribution < -0.4 is 20.1 Å². The van der Waals surface area contributed by atoms with E-state index in [1.165, 1.54) is 5.56 Å². The number of hydrogen-bond donors (Lipinski definition) is 2. The van der Waals surface area contributed by atoms with E-state index in [0.717, 1.165) is 68.8 Å². The van der Waals surface area contributed by atoms with Gasteiger partial charge >= 0.3 is 0 Å². The molecule has 1 saturated heterocycles. The van der Waals surface area contributed by atoms with Crippen molar-refractivity contribution < 1.29 is 14.2 Å². The second-order valence-corrected chi connectivity index (χ2v) is 7.71. The van der Waals surface area contributed by atoms with Crippen LogP contribution in [0.1, 0.15) is 38.8 Å². The number of morpholine rings is 1. The quantitative estimate of drug-likeness (QED) is 0.511. The Balaban J connectivity index is 1.65. The van der Waals surface area contributed by atoms with Crippen LogP contribution in [0.5, 0.6) is 11.5 Å². The number of nitrogens with zero attached hydrogens (tertiary/aromatic N) is 2. The lowest BCUT2D eigenvalue weighted by molar-refractivity contribution is 0.0211. The van der Waals surface area contributed by atoms with E-state index in [0.29, 0.717) is 19.2 Å². The Labute approximate surface area is 174 Å². The van der Waals surface area contributed by atoms with E-state index in [4.69, 9.17) is 19.2 Å². The third-order valence-corrected chi connectivity index (χ3v) is 5.36. The predicted molar refractivity (Wildman–Crippen MR) is 116 cm³/mol. The third-order valence-electron chi connectivity index (χ3n) is 5.36. The van der Waals surface area contributed by atoms with Crippen LogP contribution in [-0.2, 0) is 17.7 Å². The highest BCUT2D eigenvalue weighted by Crippen LogP contribution is 2.35. The van der Waals surface area contributed by atoms with Gasteiger partial charge in [-0.25, -0.2) is 4.99 Å². The Morgan fingerprint density at radius 1 is 1.28 bits per heavy atom. The summed E-state index contributed by atoms with van der Waals surface area (Å²) in [6.07, 6.45) is 1.15. The summed E-state index contributed by atoms with van der Waals surface area (Å²) in [7, 11) is 0. The summed E-state index contributed by atoms with van der Waals surface area (Å²) < 4.78 is 17.3. The Kier molecular flexibility index (Phi) is 8.00. The van der Waals surface area contributed by atoms with Crippen LogP contribution in [0.4, 0.5) is 0 Å². The highest BCUT2D eigenvalue weighted by molar-refractivity contribution is 5.79. The first-order valence-electron chi connectivity index (χ1n) is 10.9.